The Morgan fingerprint density at radius 3 is 2.62 bits per heavy atom. The molecule has 0 aliphatic rings. The third-order valence-corrected chi connectivity index (χ3v) is 5.80. The summed E-state index contributed by atoms with van der Waals surface area (Å²) in [6.07, 6.45) is 4.35. The summed E-state index contributed by atoms with van der Waals surface area (Å²) in [5.74, 6) is 0.535. The van der Waals surface area contributed by atoms with Gasteiger partial charge in [-0.05, 0) is 41.2 Å². The average molecular weight is 447 g/mol. The molecule has 1 heterocycles. The number of nitriles is 1. The third-order valence-electron chi connectivity index (χ3n) is 4.84. The molecule has 6 heteroatoms. The number of carbonyl (C=O) groups excluding carboxylic acids is 1. The topological polar surface area (TPSA) is 82.9 Å². The maximum absolute atomic E-state index is 12.6. The summed E-state index contributed by atoms with van der Waals surface area (Å²) in [4.78, 5) is 27.8. The molecule has 0 fully saturated rings. The first kappa shape index (κ1) is 23.2. The number of hydrogen-bond donors (Lipinski definition) is 1. The Morgan fingerprint density at radius 2 is 1.94 bits per heavy atom. The maximum Gasteiger partial charge on any atom is 0.266 e. The summed E-state index contributed by atoms with van der Waals surface area (Å²) < 4.78 is 6.67. The minimum absolute atomic E-state index is 0.0218. The van der Waals surface area contributed by atoms with E-state index < -0.39 is 0 Å². The third kappa shape index (κ3) is 6.29. The van der Waals surface area contributed by atoms with E-state index in [-0.39, 0.29) is 16.8 Å². The van der Waals surface area contributed by atoms with Crippen LogP contribution in [0.5, 0.6) is 5.75 Å². The molecular weight excluding hydrogens is 420 g/mol. The molecule has 0 aliphatic heterocycles. The van der Waals surface area contributed by atoms with Crippen LogP contribution in [0.4, 0.5) is 0 Å². The highest BCUT2D eigenvalue weighted by Gasteiger charge is 2.13. The lowest BCUT2D eigenvalue weighted by molar-refractivity contribution is 0.106. The molecule has 32 heavy (non-hydrogen) atoms. The summed E-state index contributed by atoms with van der Waals surface area (Å²) in [6, 6.07) is 17.1. The number of aromatic nitrogens is 1. The van der Waals surface area contributed by atoms with Gasteiger partial charge in [0.05, 0.1) is 21.9 Å². The van der Waals surface area contributed by atoms with E-state index in [4.69, 9.17) is 10.00 Å². The minimum atomic E-state index is -0.238. The molecule has 0 radical (unpaired) electrons. The molecule has 164 valence electrons. The first-order chi connectivity index (χ1) is 15.3. The van der Waals surface area contributed by atoms with Gasteiger partial charge in [0.2, 0.25) is 0 Å². The monoisotopic (exact) mass is 446 g/mol. The Bertz CT molecular complexity index is 1300. The van der Waals surface area contributed by atoms with Crippen molar-refractivity contribution in [3.8, 4) is 11.8 Å². The molecule has 3 rings (SSSR count). The normalized spacial score (nSPS) is 12.6. The van der Waals surface area contributed by atoms with Crippen LogP contribution >= 0.6 is 11.3 Å². The number of hydrogen-bond acceptors (Lipinski definition) is 5. The van der Waals surface area contributed by atoms with Gasteiger partial charge in [-0.3, -0.25) is 9.59 Å². The van der Waals surface area contributed by atoms with Gasteiger partial charge in [-0.15, -0.1) is 11.3 Å². The molecule has 2 aromatic carbocycles. The first-order valence-corrected chi connectivity index (χ1v) is 11.3. The summed E-state index contributed by atoms with van der Waals surface area (Å²) >= 11 is 1.24. The number of benzene rings is 2. The predicted octanol–water partition coefficient (Wildman–Crippen LogP) is 3.91. The van der Waals surface area contributed by atoms with E-state index in [1.54, 1.807) is 6.08 Å². The zero-order chi connectivity index (χ0) is 23.1. The fourth-order valence-electron chi connectivity index (χ4n) is 3.05. The van der Waals surface area contributed by atoms with Crippen molar-refractivity contribution in [3.63, 3.8) is 0 Å². The number of carbonyl (C=O) groups is 1. The highest BCUT2D eigenvalue weighted by atomic mass is 32.1. The van der Waals surface area contributed by atoms with Crippen LogP contribution in [0.25, 0.3) is 12.2 Å². The van der Waals surface area contributed by atoms with Crippen molar-refractivity contribution in [3.05, 3.63) is 84.8 Å². The van der Waals surface area contributed by atoms with Crippen LogP contribution in [0.3, 0.4) is 0 Å². The smallest absolute Gasteiger partial charge is 0.266 e. The van der Waals surface area contributed by atoms with Gasteiger partial charge in [0, 0.05) is 18.1 Å². The number of rotatable bonds is 7. The van der Waals surface area contributed by atoms with Crippen LogP contribution in [-0.4, -0.2) is 17.4 Å². The number of thiazole rings is 1. The van der Waals surface area contributed by atoms with Gasteiger partial charge in [0.15, 0.2) is 5.78 Å². The van der Waals surface area contributed by atoms with Crippen molar-refractivity contribution < 1.29 is 9.53 Å². The van der Waals surface area contributed by atoms with Gasteiger partial charge >= 0.3 is 0 Å². The van der Waals surface area contributed by atoms with Crippen LogP contribution in [0, 0.1) is 11.3 Å². The Balaban J connectivity index is 1.80. The highest BCUT2D eigenvalue weighted by molar-refractivity contribution is 7.07. The zero-order valence-corrected chi connectivity index (χ0v) is 19.3. The van der Waals surface area contributed by atoms with E-state index in [2.05, 4.69) is 31.8 Å². The van der Waals surface area contributed by atoms with E-state index in [1.807, 2.05) is 48.5 Å². The number of nitrogens with one attached hydrogen (secondary N) is 1. The Hall–Kier alpha value is -3.43. The molecule has 0 bridgehead atoms. The molecule has 1 aromatic heterocycles. The van der Waals surface area contributed by atoms with Crippen LogP contribution in [0.1, 0.15) is 55.1 Å². The quantitative estimate of drug-likeness (QED) is 0.441. The zero-order valence-electron chi connectivity index (χ0n) is 18.5. The van der Waals surface area contributed by atoms with Gasteiger partial charge in [0.1, 0.15) is 5.75 Å². The standard InChI is InChI=1S/C26H26N2O3S/c1-26(2,3)20-11-9-19(10-12-20)22(29)17-24-28-25(30)23(32-24)16-18-7-6-8-21(15-18)31-14-5-4-13-27/h6-12,15-17H,4-5,14H2,1-3H3,(H,28,30)/b23-16-,24-17-. The van der Waals surface area contributed by atoms with Crippen LogP contribution in [-0.2, 0) is 5.41 Å². The van der Waals surface area contributed by atoms with Crippen molar-refractivity contribution in [2.24, 2.45) is 0 Å². The van der Waals surface area contributed by atoms with Crippen LogP contribution in [0.15, 0.2) is 53.3 Å². The molecule has 0 aliphatic carbocycles. The van der Waals surface area contributed by atoms with Gasteiger partial charge in [0.25, 0.3) is 5.56 Å². The minimum Gasteiger partial charge on any atom is -0.494 e. The van der Waals surface area contributed by atoms with Crippen molar-refractivity contribution in [2.75, 3.05) is 6.61 Å². The second-order valence-corrected chi connectivity index (χ2v) is 9.53. The number of Topliss-reactive ketones (excluding diaryl/α,β-unsaturated/α-hetero) is 1. The van der Waals surface area contributed by atoms with Crippen molar-refractivity contribution in [1.29, 1.82) is 5.26 Å². The van der Waals surface area contributed by atoms with Gasteiger partial charge in [-0.1, -0.05) is 57.2 Å². The van der Waals surface area contributed by atoms with Gasteiger partial charge < -0.3 is 9.72 Å². The summed E-state index contributed by atoms with van der Waals surface area (Å²) in [5, 5.41) is 8.59. The lowest BCUT2D eigenvalue weighted by Gasteiger charge is -2.18. The van der Waals surface area contributed by atoms with Crippen molar-refractivity contribution in [1.82, 2.24) is 4.98 Å². The molecule has 0 spiro atoms. The fraction of sp³-hybridized carbons (Fsp3) is 0.269. The summed E-state index contributed by atoms with van der Waals surface area (Å²) in [6.45, 7) is 6.84. The molecule has 5 nitrogen and oxygen atoms in total. The average Bonchev–Trinajstić information content (AvgIpc) is 3.09. The second kappa shape index (κ2) is 10.3. The molecule has 1 N–H and O–H groups in total. The molecule has 0 amide bonds. The first-order valence-electron chi connectivity index (χ1n) is 10.4. The number of aromatic amines is 1. The molecule has 0 saturated heterocycles. The van der Waals surface area contributed by atoms with E-state index in [0.717, 1.165) is 11.1 Å². The molecule has 3 aromatic rings. The number of H-pyrrole nitrogens is 1. The Morgan fingerprint density at radius 1 is 1.19 bits per heavy atom. The highest BCUT2D eigenvalue weighted by Crippen LogP contribution is 2.22. The van der Waals surface area contributed by atoms with Crippen molar-refractivity contribution in [2.45, 2.75) is 39.0 Å². The summed E-state index contributed by atoms with van der Waals surface area (Å²) in [7, 11) is 0. The Kier molecular flexibility index (Phi) is 7.45. The molecule has 0 unspecified atom stereocenters. The van der Waals surface area contributed by atoms with Crippen molar-refractivity contribution >= 4 is 29.3 Å². The van der Waals surface area contributed by atoms with E-state index in [9.17, 15) is 9.59 Å². The molecule has 0 saturated carbocycles. The van der Waals surface area contributed by atoms with E-state index >= 15 is 0 Å². The number of unbranched alkanes of at least 4 members (excludes halogenated alkanes) is 1. The molecular formula is C26H26N2O3S. The largest absolute Gasteiger partial charge is 0.494 e. The number of nitrogens with zero attached hydrogens (tertiary/aromatic N) is 1. The van der Waals surface area contributed by atoms with Crippen LogP contribution in [0.2, 0.25) is 0 Å². The predicted molar refractivity (Wildman–Crippen MR) is 128 cm³/mol. The SMILES string of the molecule is CC(C)(C)c1ccc(C(=O)/C=c2/[nH]c(=O)/c(=C/c3cccc(OCCCC#N)c3)s2)cc1. The number of ether oxygens (including phenoxy) is 1. The maximum atomic E-state index is 12.6. The van der Waals surface area contributed by atoms with Gasteiger partial charge in [-0.2, -0.15) is 5.26 Å². The Labute approximate surface area is 191 Å². The lowest BCUT2D eigenvalue weighted by atomic mass is 9.86. The second-order valence-electron chi connectivity index (χ2n) is 8.45. The van der Waals surface area contributed by atoms with Crippen LogP contribution < -0.4 is 19.5 Å². The van der Waals surface area contributed by atoms with E-state index in [1.165, 1.54) is 17.4 Å². The van der Waals surface area contributed by atoms with Gasteiger partial charge in [-0.25, -0.2) is 0 Å². The van der Waals surface area contributed by atoms with E-state index in [0.29, 0.717) is 40.0 Å². The summed E-state index contributed by atoms with van der Waals surface area (Å²) in [5.41, 5.74) is 2.35. The fourth-order valence-corrected chi connectivity index (χ4v) is 3.93. The lowest BCUT2D eigenvalue weighted by Crippen LogP contribution is -2.20. The number of ketones is 1. The molecule has 0 atom stereocenters.